The third-order valence-corrected chi connectivity index (χ3v) is 8.22. The van der Waals surface area contributed by atoms with E-state index in [1.54, 1.807) is 26.1 Å². The topological polar surface area (TPSA) is 62.3 Å². The fraction of sp³-hybridized carbons (Fsp3) is 0.526. The molecule has 1 saturated heterocycles. The molecule has 1 aromatic heterocycles. The number of thiazole rings is 1. The predicted molar refractivity (Wildman–Crippen MR) is 114 cm³/mol. The zero-order valence-corrected chi connectivity index (χ0v) is 18.3. The van der Waals surface area contributed by atoms with Crippen LogP contribution >= 0.6 is 22.9 Å². The Kier molecular flexibility index (Phi) is 6.33. The average molecular weight is 428 g/mol. The Hall–Kier alpha value is -1.31. The number of halogens is 1. The lowest BCUT2D eigenvalue weighted by molar-refractivity contribution is 0.447. The van der Waals surface area contributed by atoms with E-state index in [4.69, 9.17) is 11.6 Å². The molecule has 8 heteroatoms. The Morgan fingerprint density at radius 3 is 2.81 bits per heavy atom. The molecule has 148 valence electrons. The predicted octanol–water partition coefficient (Wildman–Crippen LogP) is 4.83. The molecule has 5 nitrogen and oxygen atoms in total. The van der Waals surface area contributed by atoms with Gasteiger partial charge in [0.2, 0.25) is 0 Å². The van der Waals surface area contributed by atoms with Gasteiger partial charge in [-0.05, 0) is 50.8 Å². The van der Waals surface area contributed by atoms with E-state index in [1.165, 1.54) is 17.8 Å². The van der Waals surface area contributed by atoms with Crippen LogP contribution in [0, 0.1) is 5.92 Å². The minimum Gasteiger partial charge on any atom is -0.379 e. The molecule has 0 bridgehead atoms. The molecule has 1 aliphatic rings. The fourth-order valence-corrected chi connectivity index (χ4v) is 5.45. The summed E-state index contributed by atoms with van der Waals surface area (Å²) < 4.78 is 26.1. The zero-order valence-electron chi connectivity index (χ0n) is 15.9. The van der Waals surface area contributed by atoms with E-state index >= 15 is 0 Å². The van der Waals surface area contributed by atoms with Gasteiger partial charge >= 0.3 is 0 Å². The van der Waals surface area contributed by atoms with Crippen molar-refractivity contribution < 1.29 is 8.42 Å². The number of hydrogen-bond acceptors (Lipinski definition) is 6. The Labute approximate surface area is 170 Å². The minimum atomic E-state index is -3.38. The number of sulfone groups is 1. The summed E-state index contributed by atoms with van der Waals surface area (Å²) in [4.78, 5) is 7.70. The molecule has 0 radical (unpaired) electrons. The summed E-state index contributed by atoms with van der Waals surface area (Å²) in [7, 11) is -3.38. The summed E-state index contributed by atoms with van der Waals surface area (Å²) in [6, 6.07) is 5.64. The second-order valence-corrected chi connectivity index (χ2v) is 11.6. The van der Waals surface area contributed by atoms with E-state index in [1.807, 2.05) is 12.1 Å². The molecule has 1 N–H and O–H groups in total. The van der Waals surface area contributed by atoms with Crippen LogP contribution in [-0.4, -0.2) is 31.7 Å². The highest BCUT2D eigenvalue weighted by atomic mass is 35.5. The number of nitrogens with zero attached hydrogens (tertiary/aromatic N) is 2. The Bertz CT molecular complexity index is 896. The van der Waals surface area contributed by atoms with Crippen molar-refractivity contribution in [2.45, 2.75) is 50.3 Å². The number of anilines is 2. The van der Waals surface area contributed by atoms with Gasteiger partial charge in [0.15, 0.2) is 14.3 Å². The molecule has 1 aromatic carbocycles. The highest BCUT2D eigenvalue weighted by Crippen LogP contribution is 2.32. The van der Waals surface area contributed by atoms with E-state index in [-0.39, 0.29) is 0 Å². The molecule has 1 atom stereocenters. The smallest absolute Gasteiger partial charge is 0.183 e. The zero-order chi connectivity index (χ0) is 19.6. The summed E-state index contributed by atoms with van der Waals surface area (Å²) in [5.74, 6) is 0.647. The molecule has 1 fully saturated rings. The molecule has 0 aliphatic carbocycles. The van der Waals surface area contributed by atoms with E-state index in [0.717, 1.165) is 30.1 Å². The number of rotatable bonds is 6. The summed E-state index contributed by atoms with van der Waals surface area (Å²) in [6.45, 7) is 8.18. The number of nitrogens with one attached hydrogen (secondary N) is 1. The van der Waals surface area contributed by atoms with Crippen LogP contribution in [0.25, 0.3) is 0 Å². The van der Waals surface area contributed by atoms with Gasteiger partial charge in [0.05, 0.1) is 22.4 Å². The largest absolute Gasteiger partial charge is 0.379 e. The van der Waals surface area contributed by atoms with Crippen molar-refractivity contribution in [2.75, 3.05) is 23.3 Å². The van der Waals surface area contributed by atoms with E-state index in [0.29, 0.717) is 27.5 Å². The normalized spacial score (nSPS) is 18.1. The van der Waals surface area contributed by atoms with E-state index in [9.17, 15) is 8.42 Å². The fourth-order valence-electron chi connectivity index (χ4n) is 3.33. The molecule has 27 heavy (non-hydrogen) atoms. The monoisotopic (exact) mass is 427 g/mol. The summed E-state index contributed by atoms with van der Waals surface area (Å²) >= 11 is 7.30. The Morgan fingerprint density at radius 2 is 2.19 bits per heavy atom. The first-order valence-corrected chi connectivity index (χ1v) is 12.0. The van der Waals surface area contributed by atoms with Crippen LogP contribution in [0.5, 0.6) is 0 Å². The second kappa shape index (κ2) is 8.37. The van der Waals surface area contributed by atoms with Gasteiger partial charge in [-0.1, -0.05) is 18.5 Å². The first-order chi connectivity index (χ1) is 12.8. The molecule has 1 unspecified atom stereocenters. The third-order valence-electron chi connectivity index (χ3n) is 4.89. The highest BCUT2D eigenvalue weighted by molar-refractivity contribution is 7.92. The maximum atomic E-state index is 12.8. The molecule has 0 amide bonds. The van der Waals surface area contributed by atoms with Gasteiger partial charge in [-0.15, -0.1) is 11.3 Å². The first-order valence-electron chi connectivity index (χ1n) is 9.24. The summed E-state index contributed by atoms with van der Waals surface area (Å²) in [6.07, 6.45) is 4.12. The molecular formula is C19H26ClN3O2S2. The second-order valence-electron chi connectivity index (χ2n) is 7.40. The van der Waals surface area contributed by atoms with Crippen LogP contribution in [0.1, 0.15) is 38.5 Å². The quantitative estimate of drug-likeness (QED) is 0.715. The standard InChI is InChI=1S/C19H26ClN3O2S2/c1-13(2)27(24,25)18-7-6-15(23-8-4-5-14(3)12-23)9-17(18)21-10-16-11-22-19(20)26-16/h6-7,9,11,13-14,21H,4-5,8,10,12H2,1-3H3. The van der Waals surface area contributed by atoms with Crippen molar-refractivity contribution in [2.24, 2.45) is 5.92 Å². The van der Waals surface area contributed by atoms with Crippen LogP contribution in [0.15, 0.2) is 29.3 Å². The van der Waals surface area contributed by atoms with Gasteiger partial charge in [0.25, 0.3) is 0 Å². The van der Waals surface area contributed by atoms with Crippen LogP contribution in [0.3, 0.4) is 0 Å². The van der Waals surface area contributed by atoms with Crippen LogP contribution in [-0.2, 0) is 16.4 Å². The highest BCUT2D eigenvalue weighted by Gasteiger charge is 2.24. The van der Waals surface area contributed by atoms with Gasteiger partial charge in [-0.25, -0.2) is 13.4 Å². The van der Waals surface area contributed by atoms with Gasteiger partial charge in [-0.3, -0.25) is 0 Å². The van der Waals surface area contributed by atoms with Crippen molar-refractivity contribution in [1.82, 2.24) is 4.98 Å². The lowest BCUT2D eigenvalue weighted by Gasteiger charge is -2.33. The van der Waals surface area contributed by atoms with Crippen molar-refractivity contribution in [3.8, 4) is 0 Å². The molecule has 0 saturated carbocycles. The maximum absolute atomic E-state index is 12.8. The summed E-state index contributed by atoms with van der Waals surface area (Å²) in [5.41, 5.74) is 1.71. The number of benzene rings is 1. The SMILES string of the molecule is CC1CCCN(c2ccc(S(=O)(=O)C(C)C)c(NCc3cnc(Cl)s3)c2)C1. The molecule has 2 heterocycles. The van der Waals surface area contributed by atoms with Crippen molar-refractivity contribution in [1.29, 1.82) is 0 Å². The average Bonchev–Trinajstić information content (AvgIpc) is 3.05. The van der Waals surface area contributed by atoms with E-state index in [2.05, 4.69) is 22.1 Å². The van der Waals surface area contributed by atoms with Gasteiger partial charge in [-0.2, -0.15) is 0 Å². The van der Waals surface area contributed by atoms with Crippen LogP contribution < -0.4 is 10.2 Å². The third kappa shape index (κ3) is 4.76. The molecule has 3 rings (SSSR count). The Morgan fingerprint density at radius 1 is 1.41 bits per heavy atom. The molecular weight excluding hydrogens is 402 g/mol. The van der Waals surface area contributed by atoms with Crippen molar-refractivity contribution in [3.63, 3.8) is 0 Å². The first kappa shape index (κ1) is 20.4. The van der Waals surface area contributed by atoms with Gasteiger partial charge < -0.3 is 10.2 Å². The number of piperidine rings is 1. The van der Waals surface area contributed by atoms with Crippen LogP contribution in [0.4, 0.5) is 11.4 Å². The summed E-state index contributed by atoms with van der Waals surface area (Å²) in [5, 5.41) is 2.83. The van der Waals surface area contributed by atoms with E-state index < -0.39 is 15.1 Å². The van der Waals surface area contributed by atoms with Gasteiger partial charge in [0, 0.05) is 29.9 Å². The maximum Gasteiger partial charge on any atom is 0.183 e. The molecule has 2 aromatic rings. The van der Waals surface area contributed by atoms with Gasteiger partial charge in [0.1, 0.15) is 0 Å². The Balaban J connectivity index is 1.93. The molecule has 0 spiro atoms. The molecule has 1 aliphatic heterocycles. The lowest BCUT2D eigenvalue weighted by Crippen LogP contribution is -2.34. The van der Waals surface area contributed by atoms with Crippen LogP contribution in [0.2, 0.25) is 4.47 Å². The van der Waals surface area contributed by atoms with Crippen molar-refractivity contribution in [3.05, 3.63) is 33.7 Å². The lowest BCUT2D eigenvalue weighted by atomic mass is 10.00. The number of hydrogen-bond donors (Lipinski definition) is 1. The minimum absolute atomic E-state index is 0.349. The number of aromatic nitrogens is 1. The van der Waals surface area contributed by atoms with Crippen molar-refractivity contribution >= 4 is 44.1 Å².